The quantitative estimate of drug-likeness (QED) is 0.188. The highest BCUT2D eigenvalue weighted by Gasteiger charge is 2.33. The Morgan fingerprint density at radius 2 is 1.64 bits per heavy atom. The van der Waals surface area contributed by atoms with E-state index in [4.69, 9.17) is 32.7 Å². The molecule has 3 aromatic carbocycles. The fourth-order valence-electron chi connectivity index (χ4n) is 5.05. The van der Waals surface area contributed by atoms with Crippen LogP contribution in [0.25, 0.3) is 0 Å². The van der Waals surface area contributed by atoms with E-state index in [2.05, 4.69) is 15.6 Å². The Balaban J connectivity index is 1.23. The van der Waals surface area contributed by atoms with Crippen LogP contribution in [0.3, 0.4) is 0 Å². The van der Waals surface area contributed by atoms with Crippen molar-refractivity contribution in [1.29, 1.82) is 0 Å². The second-order valence-electron chi connectivity index (χ2n) is 10.8. The zero-order valence-corrected chi connectivity index (χ0v) is 25.7. The summed E-state index contributed by atoms with van der Waals surface area (Å²) in [6.07, 6.45) is 1.40. The number of urea groups is 1. The second-order valence-corrected chi connectivity index (χ2v) is 11.5. The van der Waals surface area contributed by atoms with E-state index in [1.54, 1.807) is 10.9 Å². The lowest BCUT2D eigenvalue weighted by Gasteiger charge is -2.36. The highest BCUT2D eigenvalue weighted by molar-refractivity contribution is 6.40. The Morgan fingerprint density at radius 3 is 2.27 bits per heavy atom. The first-order valence-corrected chi connectivity index (χ1v) is 15.1. The molecule has 0 spiro atoms. The smallest absolute Gasteiger partial charge is 0.315 e. The predicted octanol–water partition coefficient (Wildman–Crippen LogP) is 5.93. The van der Waals surface area contributed by atoms with E-state index in [9.17, 15) is 14.7 Å². The molecule has 0 aliphatic carbocycles. The molecule has 2 heterocycles. The molecule has 1 aliphatic rings. The number of hydrogen-bond donors (Lipinski definition) is 3. The summed E-state index contributed by atoms with van der Waals surface area (Å²) in [6.45, 7) is 2.15. The van der Waals surface area contributed by atoms with Crippen molar-refractivity contribution in [1.82, 2.24) is 20.2 Å². The maximum Gasteiger partial charge on any atom is 0.315 e. The highest BCUT2D eigenvalue weighted by Crippen LogP contribution is 2.39. The van der Waals surface area contributed by atoms with Crippen molar-refractivity contribution >= 4 is 35.0 Å². The molecule has 4 atom stereocenters. The topological polar surface area (TPSA) is 115 Å². The molecule has 4 aromatic rings. The van der Waals surface area contributed by atoms with Gasteiger partial charge in [-0.1, -0.05) is 102 Å². The number of ketones is 1. The molecule has 0 radical (unpaired) electrons. The zero-order chi connectivity index (χ0) is 31.1. The lowest BCUT2D eigenvalue weighted by atomic mass is 10.00. The monoisotopic (exact) mass is 636 g/mol. The van der Waals surface area contributed by atoms with Gasteiger partial charge in [-0.25, -0.2) is 9.78 Å². The fourth-order valence-corrected chi connectivity index (χ4v) is 5.37. The van der Waals surface area contributed by atoms with Gasteiger partial charge in [0.15, 0.2) is 17.2 Å². The Kier molecular flexibility index (Phi) is 10.7. The van der Waals surface area contributed by atoms with E-state index in [-0.39, 0.29) is 36.3 Å². The average Bonchev–Trinajstić information content (AvgIpc) is 3.36. The second kappa shape index (κ2) is 14.8. The zero-order valence-electron chi connectivity index (χ0n) is 24.2. The third-order valence-electron chi connectivity index (χ3n) is 7.53. The van der Waals surface area contributed by atoms with Crippen LogP contribution in [-0.2, 0) is 40.4 Å². The van der Waals surface area contributed by atoms with Gasteiger partial charge in [-0.05, 0) is 35.6 Å². The van der Waals surface area contributed by atoms with Gasteiger partial charge in [0.05, 0.1) is 37.7 Å². The van der Waals surface area contributed by atoms with Crippen molar-refractivity contribution < 1.29 is 24.2 Å². The molecule has 11 heteroatoms. The number of amides is 2. The standard InChI is InChI=1S/C33H34Cl2N4O5/c1-21(41)28(15-22-5-3-2-4-6-22)38-33(42)36-17-23-7-13-26(14-8-23)32-43-27(18-39-20-37-30(34)31(39)35)16-29(44-32)25-11-9-24(19-40)10-12-25/h2-14,20,27-29,32,40H,15-19H2,1H3,(H2,36,38,42). The molecule has 0 bridgehead atoms. The molecule has 1 aliphatic heterocycles. The molecular weight excluding hydrogens is 603 g/mol. The number of aliphatic hydroxyl groups excluding tert-OH is 1. The van der Waals surface area contributed by atoms with E-state index >= 15 is 0 Å². The number of Topliss-reactive ketones (excluding diaryl/α,β-unsaturated/α-hetero) is 1. The van der Waals surface area contributed by atoms with Crippen molar-refractivity contribution in [2.75, 3.05) is 0 Å². The molecule has 4 unspecified atom stereocenters. The number of aliphatic hydroxyl groups is 1. The van der Waals surface area contributed by atoms with Crippen molar-refractivity contribution in [3.05, 3.63) is 123 Å². The minimum atomic E-state index is -0.659. The van der Waals surface area contributed by atoms with Crippen LogP contribution in [0.4, 0.5) is 4.79 Å². The Bertz CT molecular complexity index is 1550. The summed E-state index contributed by atoms with van der Waals surface area (Å²) in [7, 11) is 0. The first-order valence-electron chi connectivity index (χ1n) is 14.3. The summed E-state index contributed by atoms with van der Waals surface area (Å²) in [5.41, 5.74) is 4.45. The van der Waals surface area contributed by atoms with E-state index in [0.29, 0.717) is 24.5 Å². The van der Waals surface area contributed by atoms with Gasteiger partial charge >= 0.3 is 6.03 Å². The summed E-state index contributed by atoms with van der Waals surface area (Å²) in [4.78, 5) is 28.8. The van der Waals surface area contributed by atoms with Crippen LogP contribution in [0.1, 0.15) is 53.6 Å². The van der Waals surface area contributed by atoms with E-state index in [1.807, 2.05) is 78.9 Å². The number of carbonyl (C=O) groups excluding carboxylic acids is 2. The average molecular weight is 638 g/mol. The maximum atomic E-state index is 12.6. The van der Waals surface area contributed by atoms with Gasteiger partial charge in [0.25, 0.3) is 0 Å². The van der Waals surface area contributed by atoms with Gasteiger partial charge in [-0.2, -0.15) is 0 Å². The van der Waals surface area contributed by atoms with Gasteiger partial charge in [-0.15, -0.1) is 0 Å². The summed E-state index contributed by atoms with van der Waals surface area (Å²) in [6, 6.07) is 23.8. The molecular formula is C33H34Cl2N4O5. The highest BCUT2D eigenvalue weighted by atomic mass is 35.5. The minimum absolute atomic E-state index is 0.0338. The van der Waals surface area contributed by atoms with E-state index in [1.165, 1.54) is 6.92 Å². The van der Waals surface area contributed by atoms with Crippen LogP contribution in [0.15, 0.2) is 85.2 Å². The molecule has 9 nitrogen and oxygen atoms in total. The molecule has 3 N–H and O–H groups in total. The lowest BCUT2D eigenvalue weighted by molar-refractivity contribution is -0.252. The van der Waals surface area contributed by atoms with Crippen LogP contribution >= 0.6 is 23.2 Å². The van der Waals surface area contributed by atoms with Crippen LogP contribution in [0.2, 0.25) is 10.3 Å². The first kappa shape index (κ1) is 31.7. The molecule has 44 heavy (non-hydrogen) atoms. The molecule has 0 saturated carbocycles. The number of benzene rings is 3. The maximum absolute atomic E-state index is 12.6. The molecule has 1 fully saturated rings. The molecule has 1 saturated heterocycles. The third kappa shape index (κ3) is 8.25. The Morgan fingerprint density at radius 1 is 0.955 bits per heavy atom. The fraction of sp³-hybridized carbons (Fsp3) is 0.303. The number of carbonyl (C=O) groups is 2. The molecule has 2 amide bonds. The predicted molar refractivity (Wildman–Crippen MR) is 167 cm³/mol. The Labute approximate surface area is 266 Å². The van der Waals surface area contributed by atoms with Crippen molar-refractivity contribution in [2.45, 2.75) is 64.0 Å². The number of nitrogens with one attached hydrogen (secondary N) is 2. The summed E-state index contributed by atoms with van der Waals surface area (Å²) in [5, 5.41) is 15.6. The molecule has 5 rings (SSSR count). The number of aromatic nitrogens is 2. The van der Waals surface area contributed by atoms with E-state index < -0.39 is 18.4 Å². The number of hydrogen-bond acceptors (Lipinski definition) is 6. The summed E-state index contributed by atoms with van der Waals surface area (Å²) >= 11 is 12.4. The van der Waals surface area contributed by atoms with Crippen LogP contribution in [-0.4, -0.2) is 38.6 Å². The normalized spacial score (nSPS) is 18.9. The van der Waals surface area contributed by atoms with Crippen molar-refractivity contribution in [3.8, 4) is 0 Å². The van der Waals surface area contributed by atoms with Crippen molar-refractivity contribution in [3.63, 3.8) is 0 Å². The number of nitrogens with zero attached hydrogens (tertiary/aromatic N) is 2. The van der Waals surface area contributed by atoms with Crippen LogP contribution < -0.4 is 10.6 Å². The molecule has 1 aromatic heterocycles. The van der Waals surface area contributed by atoms with E-state index in [0.717, 1.165) is 27.8 Å². The number of rotatable bonds is 11. The number of ether oxygens (including phenoxy) is 2. The van der Waals surface area contributed by atoms with Gasteiger partial charge < -0.3 is 29.8 Å². The van der Waals surface area contributed by atoms with Gasteiger partial charge in [0.1, 0.15) is 5.15 Å². The lowest BCUT2D eigenvalue weighted by Crippen LogP contribution is -2.46. The number of imidazole rings is 1. The first-order chi connectivity index (χ1) is 21.3. The van der Waals surface area contributed by atoms with Gasteiger partial charge in [0, 0.05) is 18.5 Å². The third-order valence-corrected chi connectivity index (χ3v) is 8.30. The van der Waals surface area contributed by atoms with Crippen LogP contribution in [0.5, 0.6) is 0 Å². The van der Waals surface area contributed by atoms with Gasteiger partial charge in [0.2, 0.25) is 0 Å². The Hall–Kier alpha value is -3.73. The summed E-state index contributed by atoms with van der Waals surface area (Å²) in [5.74, 6) is -0.111. The van der Waals surface area contributed by atoms with Crippen LogP contribution in [0, 0.1) is 0 Å². The molecule has 230 valence electrons. The summed E-state index contributed by atoms with van der Waals surface area (Å²) < 4.78 is 14.5. The number of halogens is 2. The van der Waals surface area contributed by atoms with Crippen molar-refractivity contribution in [2.24, 2.45) is 0 Å². The van der Waals surface area contributed by atoms with Gasteiger partial charge in [-0.3, -0.25) is 4.79 Å². The largest absolute Gasteiger partial charge is 0.392 e. The minimum Gasteiger partial charge on any atom is -0.392 e. The SMILES string of the molecule is CC(=O)C(Cc1ccccc1)NC(=O)NCc1ccc(C2OC(Cn3cnc(Cl)c3Cl)CC(c3ccc(CO)cc3)O2)cc1.